The molecule has 5 rings (SSSR count). The van der Waals surface area contributed by atoms with Crippen molar-refractivity contribution >= 4 is 35.3 Å². The van der Waals surface area contributed by atoms with Gasteiger partial charge in [0, 0.05) is 75.0 Å². The van der Waals surface area contributed by atoms with E-state index in [4.69, 9.17) is 28.4 Å². The normalized spacial score (nSPS) is 16.0. The van der Waals surface area contributed by atoms with Crippen LogP contribution in [0, 0.1) is 0 Å². The maximum Gasteiger partial charge on any atom is 0.216 e. The first-order chi connectivity index (χ1) is 25.6. The number of pyridine rings is 2. The predicted molar refractivity (Wildman–Crippen MR) is 196 cm³/mol. The molecule has 0 amide bonds. The summed E-state index contributed by atoms with van der Waals surface area (Å²) >= 11 is 0. The summed E-state index contributed by atoms with van der Waals surface area (Å²) in [5.41, 5.74) is 5.06. The summed E-state index contributed by atoms with van der Waals surface area (Å²) in [5, 5.41) is 14.0. The fraction of sp³-hybridized carbons (Fsp3) is 0.350. The van der Waals surface area contributed by atoms with Crippen LogP contribution in [0.2, 0.25) is 0 Å². The van der Waals surface area contributed by atoms with Gasteiger partial charge in [0.1, 0.15) is 6.61 Å². The van der Waals surface area contributed by atoms with Crippen molar-refractivity contribution in [1.82, 2.24) is 14.5 Å². The van der Waals surface area contributed by atoms with E-state index in [2.05, 4.69) is 9.97 Å². The number of carbonyl (C=O) groups excluding carboxylic acids is 1. The molecule has 4 heterocycles. The Kier molecular flexibility index (Phi) is 15.4. The van der Waals surface area contributed by atoms with Gasteiger partial charge < -0.3 is 38.1 Å². The molecule has 0 atom stereocenters. The van der Waals surface area contributed by atoms with E-state index in [0.29, 0.717) is 90.5 Å². The van der Waals surface area contributed by atoms with Crippen LogP contribution in [-0.4, -0.2) is 117 Å². The lowest BCUT2D eigenvalue weighted by atomic mass is 9.84. The summed E-state index contributed by atoms with van der Waals surface area (Å²) in [6.07, 6.45) is 18.5. The van der Waals surface area contributed by atoms with Crippen LogP contribution in [0.1, 0.15) is 22.5 Å². The molecular weight excluding hydrogens is 664 g/mol. The third kappa shape index (κ3) is 10.6. The highest BCUT2D eigenvalue weighted by molar-refractivity contribution is 6.39. The number of Topliss-reactive ketones (excluding diaryl/α,β-unsaturated/α-hetero) is 1. The van der Waals surface area contributed by atoms with Crippen molar-refractivity contribution in [3.63, 3.8) is 0 Å². The summed E-state index contributed by atoms with van der Waals surface area (Å²) in [6.45, 7) is 5.34. The van der Waals surface area contributed by atoms with Crippen LogP contribution >= 0.6 is 0 Å². The van der Waals surface area contributed by atoms with Crippen LogP contribution in [0.25, 0.3) is 23.8 Å². The van der Waals surface area contributed by atoms with Crippen LogP contribution < -0.4 is 5.11 Å². The van der Waals surface area contributed by atoms with Gasteiger partial charge in [0.25, 0.3) is 0 Å². The molecule has 0 aromatic carbocycles. The number of methoxy groups -OCH3 is 2. The SMILES string of the molecule is COCCOCCOCCn1c(/C=C/c2ccncc2)ccc1C1=C([O-])/C(=C2/C=CC(/C=C\c3ccncc3)=[N+]2CCOCCOCCOC)C1=O. The Bertz CT molecular complexity index is 1790. The van der Waals surface area contributed by atoms with Gasteiger partial charge >= 0.3 is 0 Å². The zero-order chi connectivity index (χ0) is 36.4. The molecular formula is C40H46N4O8. The molecule has 1 aliphatic carbocycles. The highest BCUT2D eigenvalue weighted by Gasteiger charge is 2.38. The van der Waals surface area contributed by atoms with Crippen LogP contribution in [0.5, 0.6) is 0 Å². The highest BCUT2D eigenvalue weighted by atomic mass is 16.5. The number of allylic oxidation sites excluding steroid dienone is 5. The summed E-state index contributed by atoms with van der Waals surface area (Å²) < 4.78 is 36.6. The van der Waals surface area contributed by atoms with Crippen molar-refractivity contribution in [3.05, 3.63) is 119 Å². The standard InChI is InChI=1S/C40H46N4O8/c1-47-23-25-51-29-27-49-21-19-43-33(5-3-31-11-15-41-16-12-31)7-9-35(43)37-39(45)38(40(37)46)36-10-8-34(6-4-32-13-17-42-18-14-32)44(36)20-22-50-28-30-52-26-24-48-2/h3-18H,19-30H2,1-2H3. The Labute approximate surface area is 304 Å². The second kappa shape index (κ2) is 20.9. The number of hydrogen-bond donors (Lipinski definition) is 0. The Morgan fingerprint density at radius 1 is 0.654 bits per heavy atom. The van der Waals surface area contributed by atoms with Crippen molar-refractivity contribution < 1.29 is 42.9 Å². The van der Waals surface area contributed by atoms with Crippen molar-refractivity contribution in [1.29, 1.82) is 0 Å². The first-order valence-corrected chi connectivity index (χ1v) is 17.3. The minimum Gasteiger partial charge on any atom is -0.871 e. The molecule has 1 aliphatic heterocycles. The lowest BCUT2D eigenvalue weighted by Crippen LogP contribution is -2.34. The molecule has 274 valence electrons. The molecule has 0 radical (unpaired) electrons. The molecule has 3 aromatic heterocycles. The van der Waals surface area contributed by atoms with Gasteiger partial charge in [-0.05, 0) is 59.7 Å². The smallest absolute Gasteiger partial charge is 0.216 e. The van der Waals surface area contributed by atoms with Gasteiger partial charge in [0.05, 0.1) is 70.7 Å². The Balaban J connectivity index is 1.38. The monoisotopic (exact) mass is 710 g/mol. The molecule has 12 nitrogen and oxygen atoms in total. The number of hydrogen-bond acceptors (Lipinski definition) is 10. The van der Waals surface area contributed by atoms with E-state index in [0.717, 1.165) is 22.5 Å². The summed E-state index contributed by atoms with van der Waals surface area (Å²) in [5.74, 6) is -0.587. The second-order valence-corrected chi connectivity index (χ2v) is 11.7. The van der Waals surface area contributed by atoms with Gasteiger partial charge in [-0.1, -0.05) is 11.8 Å². The zero-order valence-corrected chi connectivity index (χ0v) is 29.8. The average Bonchev–Trinajstić information content (AvgIpc) is 3.75. The molecule has 0 bridgehead atoms. The van der Waals surface area contributed by atoms with Gasteiger partial charge in [-0.15, -0.1) is 0 Å². The molecule has 12 heteroatoms. The molecule has 2 aliphatic rings. The van der Waals surface area contributed by atoms with Gasteiger partial charge in [-0.3, -0.25) is 14.8 Å². The topological polar surface area (TPSA) is 129 Å². The molecule has 0 spiro atoms. The number of carbonyl (C=O) groups is 1. The van der Waals surface area contributed by atoms with Gasteiger partial charge in [0.2, 0.25) is 17.2 Å². The molecule has 0 fully saturated rings. The third-order valence-electron chi connectivity index (χ3n) is 8.28. The fourth-order valence-electron chi connectivity index (χ4n) is 5.60. The average molecular weight is 711 g/mol. The van der Waals surface area contributed by atoms with Gasteiger partial charge in [-0.2, -0.15) is 4.58 Å². The summed E-state index contributed by atoms with van der Waals surface area (Å²) in [7, 11) is 3.26. The molecule has 0 saturated heterocycles. The number of ether oxygens (including phenoxy) is 6. The fourth-order valence-corrected chi connectivity index (χ4v) is 5.60. The minimum atomic E-state index is -0.294. The quantitative estimate of drug-likeness (QED) is 0.0820. The number of ketones is 1. The van der Waals surface area contributed by atoms with E-state index in [9.17, 15) is 9.90 Å². The Morgan fingerprint density at radius 3 is 1.81 bits per heavy atom. The predicted octanol–water partition coefficient (Wildman–Crippen LogP) is 3.45. The van der Waals surface area contributed by atoms with E-state index in [1.54, 1.807) is 39.0 Å². The largest absolute Gasteiger partial charge is 0.871 e. The third-order valence-corrected chi connectivity index (χ3v) is 8.28. The Morgan fingerprint density at radius 2 is 1.21 bits per heavy atom. The van der Waals surface area contributed by atoms with Crippen molar-refractivity contribution in [2.75, 3.05) is 86.8 Å². The Hall–Kier alpha value is -4.82. The highest BCUT2D eigenvalue weighted by Crippen LogP contribution is 2.38. The first-order valence-electron chi connectivity index (χ1n) is 17.3. The summed E-state index contributed by atoms with van der Waals surface area (Å²) in [4.78, 5) is 22.1. The number of rotatable bonds is 23. The molecule has 52 heavy (non-hydrogen) atoms. The van der Waals surface area contributed by atoms with E-state index in [1.807, 2.05) is 82.0 Å². The van der Waals surface area contributed by atoms with Crippen molar-refractivity contribution in [3.8, 4) is 0 Å². The zero-order valence-electron chi connectivity index (χ0n) is 29.8. The maximum atomic E-state index is 14.0. The summed E-state index contributed by atoms with van der Waals surface area (Å²) in [6, 6.07) is 11.4. The van der Waals surface area contributed by atoms with Crippen LogP contribution in [0.15, 0.2) is 96.4 Å². The van der Waals surface area contributed by atoms with Crippen LogP contribution in [0.3, 0.4) is 0 Å². The lowest BCUT2D eigenvalue weighted by molar-refractivity contribution is -0.472. The van der Waals surface area contributed by atoms with E-state index in [-0.39, 0.29) is 22.7 Å². The van der Waals surface area contributed by atoms with Crippen molar-refractivity contribution in [2.24, 2.45) is 0 Å². The van der Waals surface area contributed by atoms with Gasteiger partial charge in [-0.25, -0.2) is 0 Å². The minimum absolute atomic E-state index is 0.160. The van der Waals surface area contributed by atoms with E-state index < -0.39 is 0 Å². The molecule has 0 saturated carbocycles. The van der Waals surface area contributed by atoms with Crippen LogP contribution in [0.4, 0.5) is 0 Å². The van der Waals surface area contributed by atoms with E-state index in [1.165, 1.54) is 0 Å². The second-order valence-electron chi connectivity index (χ2n) is 11.7. The maximum absolute atomic E-state index is 14.0. The molecule has 0 unspecified atom stereocenters. The van der Waals surface area contributed by atoms with Gasteiger partial charge in [0.15, 0.2) is 6.54 Å². The van der Waals surface area contributed by atoms with Crippen molar-refractivity contribution in [2.45, 2.75) is 6.54 Å². The lowest BCUT2D eigenvalue weighted by Gasteiger charge is -2.31. The van der Waals surface area contributed by atoms with E-state index >= 15 is 0 Å². The van der Waals surface area contributed by atoms with Crippen LogP contribution in [-0.2, 0) is 39.8 Å². The first kappa shape index (κ1) is 38.4. The number of nitrogens with zero attached hydrogens (tertiary/aromatic N) is 4. The molecule has 3 aromatic rings. The molecule has 0 N–H and O–H groups in total. The number of aromatic nitrogens is 3.